The Morgan fingerprint density at radius 3 is 2.58 bits per heavy atom. The predicted molar refractivity (Wildman–Crippen MR) is 80.3 cm³/mol. The van der Waals surface area contributed by atoms with Gasteiger partial charge < -0.3 is 4.90 Å². The van der Waals surface area contributed by atoms with Gasteiger partial charge in [0.05, 0.1) is 14.7 Å². The summed E-state index contributed by atoms with van der Waals surface area (Å²) in [7, 11) is 1.76. The quantitative estimate of drug-likeness (QED) is 0.812. The number of halogens is 1. The van der Waals surface area contributed by atoms with E-state index in [1.165, 1.54) is 11.3 Å². The summed E-state index contributed by atoms with van der Waals surface area (Å²) in [5.74, 6) is -0.0396. The first-order valence-corrected chi connectivity index (χ1v) is 8.06. The van der Waals surface area contributed by atoms with Crippen molar-refractivity contribution < 1.29 is 4.79 Å². The first-order valence-electron chi connectivity index (χ1n) is 6.45. The van der Waals surface area contributed by atoms with E-state index in [2.05, 4.69) is 22.0 Å². The highest BCUT2D eigenvalue weighted by molar-refractivity contribution is 9.11. The average Bonchev–Trinajstić information content (AvgIpc) is 2.78. The number of carbonyl (C=O) groups excluding carboxylic acids is 1. The number of nitrogens with zero attached hydrogens (tertiary/aromatic N) is 2. The smallest absolute Gasteiger partial charge is 0.264 e. The SMILES string of the molecule is Cc1cc(C(=O)N(C)C2(C#N)CCCCC2)sc1Br. The predicted octanol–water partition coefficient (Wildman–Crippen LogP) is 4.12. The molecule has 1 aliphatic rings. The maximum atomic E-state index is 12.5. The molecule has 0 bridgehead atoms. The molecule has 1 aromatic heterocycles. The molecule has 0 N–H and O–H groups in total. The lowest BCUT2D eigenvalue weighted by atomic mass is 9.81. The van der Waals surface area contributed by atoms with Crippen LogP contribution >= 0.6 is 27.3 Å². The third kappa shape index (κ3) is 2.70. The van der Waals surface area contributed by atoms with E-state index in [1.807, 2.05) is 13.0 Å². The topological polar surface area (TPSA) is 44.1 Å². The molecule has 0 atom stereocenters. The molecule has 102 valence electrons. The van der Waals surface area contributed by atoms with Gasteiger partial charge in [0, 0.05) is 7.05 Å². The standard InChI is InChI=1S/C14H17BrN2OS/c1-10-8-11(19-12(10)15)13(18)17(2)14(9-16)6-4-3-5-7-14/h8H,3-7H2,1-2H3. The summed E-state index contributed by atoms with van der Waals surface area (Å²) < 4.78 is 0.985. The van der Waals surface area contributed by atoms with Crippen LogP contribution in [-0.4, -0.2) is 23.4 Å². The van der Waals surface area contributed by atoms with E-state index in [4.69, 9.17) is 0 Å². The molecule has 1 aromatic rings. The highest BCUT2D eigenvalue weighted by Crippen LogP contribution is 2.35. The van der Waals surface area contributed by atoms with Crippen LogP contribution < -0.4 is 0 Å². The molecule has 0 unspecified atom stereocenters. The Kier molecular flexibility index (Phi) is 4.32. The Morgan fingerprint density at radius 2 is 2.11 bits per heavy atom. The zero-order valence-corrected chi connectivity index (χ0v) is 13.6. The van der Waals surface area contributed by atoms with Crippen molar-refractivity contribution in [3.8, 4) is 6.07 Å². The Labute approximate surface area is 126 Å². The van der Waals surface area contributed by atoms with Gasteiger partial charge >= 0.3 is 0 Å². The summed E-state index contributed by atoms with van der Waals surface area (Å²) in [6, 6.07) is 4.28. The van der Waals surface area contributed by atoms with Crippen LogP contribution in [0.15, 0.2) is 9.85 Å². The highest BCUT2D eigenvalue weighted by atomic mass is 79.9. The van der Waals surface area contributed by atoms with Crippen molar-refractivity contribution in [2.75, 3.05) is 7.05 Å². The van der Waals surface area contributed by atoms with Crippen molar-refractivity contribution in [2.24, 2.45) is 0 Å². The fraction of sp³-hybridized carbons (Fsp3) is 0.571. The van der Waals surface area contributed by atoms with Gasteiger partial charge in [-0.1, -0.05) is 19.3 Å². The lowest BCUT2D eigenvalue weighted by Crippen LogP contribution is -2.49. The van der Waals surface area contributed by atoms with Gasteiger partial charge in [-0.25, -0.2) is 0 Å². The van der Waals surface area contributed by atoms with E-state index in [0.717, 1.165) is 41.5 Å². The van der Waals surface area contributed by atoms with Gasteiger partial charge in [-0.2, -0.15) is 5.26 Å². The number of thiophene rings is 1. The first-order chi connectivity index (χ1) is 9.00. The van der Waals surface area contributed by atoms with Crippen molar-refractivity contribution >= 4 is 33.2 Å². The van der Waals surface area contributed by atoms with Crippen LogP contribution in [0.5, 0.6) is 0 Å². The Bertz CT molecular complexity index is 507. The number of hydrogen-bond acceptors (Lipinski definition) is 3. The van der Waals surface area contributed by atoms with E-state index >= 15 is 0 Å². The second kappa shape index (κ2) is 5.64. The van der Waals surface area contributed by atoms with Crippen molar-refractivity contribution in [3.63, 3.8) is 0 Å². The molecule has 0 radical (unpaired) electrons. The molecule has 19 heavy (non-hydrogen) atoms. The van der Waals surface area contributed by atoms with Gasteiger partial charge in [0.25, 0.3) is 5.91 Å². The third-order valence-electron chi connectivity index (χ3n) is 3.90. The summed E-state index contributed by atoms with van der Waals surface area (Å²) in [4.78, 5) is 14.9. The van der Waals surface area contributed by atoms with Crippen molar-refractivity contribution in [3.05, 3.63) is 20.3 Å². The second-order valence-corrected chi connectivity index (χ2v) is 7.51. The van der Waals surface area contributed by atoms with Crippen molar-refractivity contribution in [1.29, 1.82) is 5.26 Å². The van der Waals surface area contributed by atoms with Gasteiger partial charge in [0.15, 0.2) is 0 Å². The van der Waals surface area contributed by atoms with Crippen LogP contribution in [0, 0.1) is 18.3 Å². The fourth-order valence-electron chi connectivity index (χ4n) is 2.58. The zero-order chi connectivity index (χ0) is 14.0. The van der Waals surface area contributed by atoms with Crippen LogP contribution in [0.3, 0.4) is 0 Å². The highest BCUT2D eigenvalue weighted by Gasteiger charge is 2.39. The molecule has 1 aliphatic carbocycles. The largest absolute Gasteiger partial charge is 0.322 e. The zero-order valence-electron chi connectivity index (χ0n) is 11.2. The molecule has 3 nitrogen and oxygen atoms in total. The number of aryl methyl sites for hydroxylation is 1. The minimum atomic E-state index is -0.611. The van der Waals surface area contributed by atoms with E-state index in [0.29, 0.717) is 4.88 Å². The molecule has 0 saturated heterocycles. The lowest BCUT2D eigenvalue weighted by Gasteiger charge is -2.38. The minimum absolute atomic E-state index is 0.0396. The summed E-state index contributed by atoms with van der Waals surface area (Å²) in [5, 5.41) is 9.52. The number of rotatable bonds is 2. The Hall–Kier alpha value is -0.860. The molecule has 1 amide bonds. The summed E-state index contributed by atoms with van der Waals surface area (Å²) in [5.41, 5.74) is 0.455. The third-order valence-corrected chi connectivity index (χ3v) is 6.03. The monoisotopic (exact) mass is 340 g/mol. The number of amides is 1. The van der Waals surface area contributed by atoms with E-state index in [-0.39, 0.29) is 5.91 Å². The number of nitriles is 1. The van der Waals surface area contributed by atoms with Gasteiger partial charge in [0.2, 0.25) is 0 Å². The maximum absolute atomic E-state index is 12.5. The first kappa shape index (κ1) is 14.5. The number of carbonyl (C=O) groups is 1. The Morgan fingerprint density at radius 1 is 1.47 bits per heavy atom. The molecule has 0 aromatic carbocycles. The van der Waals surface area contributed by atoms with Crippen LogP contribution in [0.2, 0.25) is 0 Å². The van der Waals surface area contributed by atoms with Crippen LogP contribution in [-0.2, 0) is 0 Å². The van der Waals surface area contributed by atoms with Gasteiger partial charge in [-0.05, 0) is 47.3 Å². The van der Waals surface area contributed by atoms with E-state index < -0.39 is 5.54 Å². The number of hydrogen-bond donors (Lipinski definition) is 0. The fourth-order valence-corrected chi connectivity index (χ4v) is 4.09. The van der Waals surface area contributed by atoms with Crippen LogP contribution in [0.25, 0.3) is 0 Å². The van der Waals surface area contributed by atoms with Gasteiger partial charge in [0.1, 0.15) is 5.54 Å². The Balaban J connectivity index is 2.25. The van der Waals surface area contributed by atoms with E-state index in [9.17, 15) is 10.1 Å². The van der Waals surface area contributed by atoms with E-state index in [1.54, 1.807) is 11.9 Å². The normalized spacial score (nSPS) is 17.8. The molecule has 1 saturated carbocycles. The molecule has 2 rings (SSSR count). The van der Waals surface area contributed by atoms with Gasteiger partial charge in [-0.3, -0.25) is 4.79 Å². The van der Waals surface area contributed by atoms with Gasteiger partial charge in [-0.15, -0.1) is 11.3 Å². The molecule has 1 fully saturated rings. The van der Waals surface area contributed by atoms with Crippen molar-refractivity contribution in [1.82, 2.24) is 4.90 Å². The summed E-state index contributed by atoms with van der Waals surface area (Å²) in [6.07, 6.45) is 4.79. The molecular weight excluding hydrogens is 324 g/mol. The molecule has 0 spiro atoms. The van der Waals surface area contributed by atoms with Crippen LogP contribution in [0.1, 0.15) is 47.3 Å². The minimum Gasteiger partial charge on any atom is -0.322 e. The molecule has 1 heterocycles. The molecule has 5 heteroatoms. The average molecular weight is 341 g/mol. The lowest BCUT2D eigenvalue weighted by molar-refractivity contribution is 0.0594. The van der Waals surface area contributed by atoms with Crippen LogP contribution in [0.4, 0.5) is 0 Å². The van der Waals surface area contributed by atoms with Crippen molar-refractivity contribution in [2.45, 2.75) is 44.6 Å². The maximum Gasteiger partial charge on any atom is 0.264 e. The summed E-state index contributed by atoms with van der Waals surface area (Å²) in [6.45, 7) is 1.97. The molecular formula is C14H17BrN2OS. The summed E-state index contributed by atoms with van der Waals surface area (Å²) >= 11 is 4.88. The second-order valence-electron chi connectivity index (χ2n) is 5.14. The molecule has 0 aliphatic heterocycles.